The zero-order valence-electron chi connectivity index (χ0n) is 14.5. The van der Waals surface area contributed by atoms with E-state index in [2.05, 4.69) is 65.6 Å². The summed E-state index contributed by atoms with van der Waals surface area (Å²) in [7, 11) is 0. The van der Waals surface area contributed by atoms with Crippen molar-refractivity contribution >= 4 is 23.1 Å². The monoisotopic (exact) mass is 318 g/mol. The van der Waals surface area contributed by atoms with Gasteiger partial charge >= 0.3 is 0 Å². The van der Waals surface area contributed by atoms with Gasteiger partial charge in [0.25, 0.3) is 0 Å². The Morgan fingerprint density at radius 3 is 2.08 bits per heavy atom. The van der Waals surface area contributed by atoms with E-state index in [1.54, 1.807) is 0 Å². The molecule has 1 aromatic heterocycles. The first-order valence-electron chi connectivity index (χ1n) is 8.04. The molecular weight excluding hydrogens is 296 g/mol. The fourth-order valence-corrected chi connectivity index (χ4v) is 2.66. The lowest BCUT2D eigenvalue weighted by Crippen LogP contribution is -2.04. The number of aromatic nitrogens is 2. The van der Waals surface area contributed by atoms with Gasteiger partial charge in [-0.3, -0.25) is 0 Å². The lowest BCUT2D eigenvalue weighted by molar-refractivity contribution is 1.10. The van der Waals surface area contributed by atoms with Crippen molar-refractivity contribution in [3.63, 3.8) is 0 Å². The minimum absolute atomic E-state index is 0.600. The van der Waals surface area contributed by atoms with Gasteiger partial charge in [0.2, 0.25) is 5.95 Å². The molecule has 2 N–H and O–H groups in total. The van der Waals surface area contributed by atoms with Crippen LogP contribution < -0.4 is 10.6 Å². The van der Waals surface area contributed by atoms with Gasteiger partial charge in [-0.1, -0.05) is 36.4 Å². The number of aryl methyl sites for hydroxylation is 4. The molecule has 4 nitrogen and oxygen atoms in total. The van der Waals surface area contributed by atoms with E-state index in [0.29, 0.717) is 5.95 Å². The van der Waals surface area contributed by atoms with Crippen molar-refractivity contribution in [2.75, 3.05) is 10.6 Å². The van der Waals surface area contributed by atoms with E-state index in [-0.39, 0.29) is 0 Å². The number of rotatable bonds is 4. The molecule has 24 heavy (non-hydrogen) atoms. The van der Waals surface area contributed by atoms with Gasteiger partial charge in [-0.2, -0.15) is 4.98 Å². The van der Waals surface area contributed by atoms with Crippen LogP contribution in [0.25, 0.3) is 0 Å². The Morgan fingerprint density at radius 2 is 1.38 bits per heavy atom. The second-order valence-corrected chi connectivity index (χ2v) is 6.05. The van der Waals surface area contributed by atoms with E-state index < -0.39 is 0 Å². The summed E-state index contributed by atoms with van der Waals surface area (Å²) < 4.78 is 0. The van der Waals surface area contributed by atoms with Crippen molar-refractivity contribution < 1.29 is 0 Å². The largest absolute Gasteiger partial charge is 0.340 e. The summed E-state index contributed by atoms with van der Waals surface area (Å²) >= 11 is 0. The zero-order valence-corrected chi connectivity index (χ0v) is 14.5. The summed E-state index contributed by atoms with van der Waals surface area (Å²) in [5.41, 5.74) is 6.55. The van der Waals surface area contributed by atoms with Crippen LogP contribution in [0.4, 0.5) is 23.1 Å². The molecule has 0 aliphatic heterocycles. The van der Waals surface area contributed by atoms with Gasteiger partial charge < -0.3 is 10.6 Å². The molecule has 122 valence electrons. The number of hydrogen-bond donors (Lipinski definition) is 2. The molecule has 0 radical (unpaired) electrons. The van der Waals surface area contributed by atoms with Crippen LogP contribution in [0.15, 0.2) is 48.5 Å². The molecule has 0 amide bonds. The summed E-state index contributed by atoms with van der Waals surface area (Å²) in [6.07, 6.45) is 0. The third kappa shape index (κ3) is 3.54. The van der Waals surface area contributed by atoms with Gasteiger partial charge in [0.15, 0.2) is 0 Å². The number of anilines is 4. The van der Waals surface area contributed by atoms with Crippen LogP contribution in [0.2, 0.25) is 0 Å². The summed E-state index contributed by atoms with van der Waals surface area (Å²) in [4.78, 5) is 9.13. The van der Waals surface area contributed by atoms with Crippen molar-refractivity contribution in [2.24, 2.45) is 0 Å². The molecule has 1 heterocycles. The highest BCUT2D eigenvalue weighted by atomic mass is 15.1. The van der Waals surface area contributed by atoms with Gasteiger partial charge in [0.1, 0.15) is 5.82 Å². The summed E-state index contributed by atoms with van der Waals surface area (Å²) in [5, 5.41) is 6.74. The highest BCUT2D eigenvalue weighted by molar-refractivity contribution is 5.65. The van der Waals surface area contributed by atoms with E-state index in [1.807, 2.05) is 31.2 Å². The number of para-hydroxylation sites is 2. The third-order valence-electron chi connectivity index (χ3n) is 3.98. The van der Waals surface area contributed by atoms with Crippen LogP contribution >= 0.6 is 0 Å². The predicted octanol–water partition coefficient (Wildman–Crippen LogP) is 5.20. The number of nitrogens with zero attached hydrogens (tertiary/aromatic N) is 2. The molecule has 2 aromatic carbocycles. The topological polar surface area (TPSA) is 49.8 Å². The van der Waals surface area contributed by atoms with Crippen molar-refractivity contribution in [3.05, 3.63) is 70.9 Å². The number of benzene rings is 2. The molecule has 0 aliphatic carbocycles. The molecular formula is C20H22N4. The van der Waals surface area contributed by atoms with Crippen molar-refractivity contribution in [2.45, 2.75) is 27.7 Å². The predicted molar refractivity (Wildman–Crippen MR) is 100 cm³/mol. The second kappa shape index (κ2) is 6.71. The standard InChI is InChI=1S/C20H22N4/c1-13-8-5-6-11-17(13)22-18-12-16(4)21-20(23-18)24-19-14(2)9-7-10-15(19)3/h5-12H,1-4H3,(H2,21,22,23,24). The zero-order chi connectivity index (χ0) is 17.1. The average Bonchev–Trinajstić information content (AvgIpc) is 2.53. The van der Waals surface area contributed by atoms with Crippen molar-refractivity contribution in [3.8, 4) is 0 Å². The average molecular weight is 318 g/mol. The van der Waals surface area contributed by atoms with E-state index in [1.165, 1.54) is 16.7 Å². The highest BCUT2D eigenvalue weighted by Crippen LogP contribution is 2.24. The maximum absolute atomic E-state index is 4.61. The molecule has 4 heteroatoms. The van der Waals surface area contributed by atoms with Crippen LogP contribution in [0.1, 0.15) is 22.4 Å². The van der Waals surface area contributed by atoms with Gasteiger partial charge in [-0.25, -0.2) is 4.98 Å². The molecule has 0 aliphatic rings. The Bertz CT molecular complexity index is 851. The number of hydrogen-bond acceptors (Lipinski definition) is 4. The van der Waals surface area contributed by atoms with Gasteiger partial charge in [0, 0.05) is 23.1 Å². The van der Waals surface area contributed by atoms with Gasteiger partial charge in [0.05, 0.1) is 0 Å². The summed E-state index contributed by atoms with van der Waals surface area (Å²) in [6, 6.07) is 16.3. The van der Waals surface area contributed by atoms with E-state index in [0.717, 1.165) is 22.9 Å². The Labute approximate surface area is 143 Å². The van der Waals surface area contributed by atoms with Crippen LogP contribution in [0.5, 0.6) is 0 Å². The van der Waals surface area contributed by atoms with Crippen LogP contribution in [-0.2, 0) is 0 Å². The van der Waals surface area contributed by atoms with E-state index in [9.17, 15) is 0 Å². The number of nitrogens with one attached hydrogen (secondary N) is 2. The molecule has 0 spiro atoms. The minimum atomic E-state index is 0.600. The molecule has 0 saturated carbocycles. The molecule has 0 bridgehead atoms. The second-order valence-electron chi connectivity index (χ2n) is 6.05. The first-order valence-corrected chi connectivity index (χ1v) is 8.04. The Hall–Kier alpha value is -2.88. The van der Waals surface area contributed by atoms with Crippen LogP contribution in [-0.4, -0.2) is 9.97 Å². The summed E-state index contributed by atoms with van der Waals surface area (Å²) in [5.74, 6) is 1.38. The quantitative estimate of drug-likeness (QED) is 0.694. The molecule has 3 aromatic rings. The van der Waals surface area contributed by atoms with Gasteiger partial charge in [-0.05, 0) is 50.5 Å². The maximum atomic E-state index is 4.61. The van der Waals surface area contributed by atoms with E-state index >= 15 is 0 Å². The lowest BCUT2D eigenvalue weighted by Gasteiger charge is -2.14. The van der Waals surface area contributed by atoms with Crippen molar-refractivity contribution in [1.82, 2.24) is 9.97 Å². The van der Waals surface area contributed by atoms with Crippen LogP contribution in [0.3, 0.4) is 0 Å². The molecule has 0 saturated heterocycles. The summed E-state index contributed by atoms with van der Waals surface area (Å²) in [6.45, 7) is 8.21. The third-order valence-corrected chi connectivity index (χ3v) is 3.98. The highest BCUT2D eigenvalue weighted by Gasteiger charge is 2.07. The first kappa shape index (κ1) is 16.0. The Kier molecular flexibility index (Phi) is 4.47. The maximum Gasteiger partial charge on any atom is 0.229 e. The SMILES string of the molecule is Cc1cc(Nc2ccccc2C)nc(Nc2c(C)cccc2C)n1. The molecule has 0 unspecified atom stereocenters. The van der Waals surface area contributed by atoms with Crippen LogP contribution in [0, 0.1) is 27.7 Å². The fourth-order valence-electron chi connectivity index (χ4n) is 2.66. The fraction of sp³-hybridized carbons (Fsp3) is 0.200. The lowest BCUT2D eigenvalue weighted by atomic mass is 10.1. The van der Waals surface area contributed by atoms with E-state index in [4.69, 9.17) is 0 Å². The first-order chi connectivity index (χ1) is 11.5. The normalized spacial score (nSPS) is 10.5. The Balaban J connectivity index is 1.91. The Morgan fingerprint density at radius 1 is 0.708 bits per heavy atom. The minimum Gasteiger partial charge on any atom is -0.340 e. The molecule has 0 atom stereocenters. The molecule has 3 rings (SSSR count). The molecule has 0 fully saturated rings. The van der Waals surface area contributed by atoms with Crippen molar-refractivity contribution in [1.29, 1.82) is 0 Å². The van der Waals surface area contributed by atoms with Gasteiger partial charge in [-0.15, -0.1) is 0 Å². The smallest absolute Gasteiger partial charge is 0.229 e.